The van der Waals surface area contributed by atoms with Crippen molar-refractivity contribution in [2.75, 3.05) is 0 Å². The van der Waals surface area contributed by atoms with Gasteiger partial charge >= 0.3 is 0 Å². The van der Waals surface area contributed by atoms with Crippen LogP contribution in [0.5, 0.6) is 0 Å². The van der Waals surface area contributed by atoms with Crippen LogP contribution in [0.1, 0.15) is 32.6 Å². The number of hydrogen-bond donors (Lipinski definition) is 0. The predicted octanol–water partition coefficient (Wildman–Crippen LogP) is 3.44. The fourth-order valence-corrected chi connectivity index (χ4v) is 1.73. The largest absolute Gasteiger partial charge is 0.275 e. The van der Waals surface area contributed by atoms with Crippen LogP contribution in [0.25, 0.3) is 0 Å². The number of hydrogen-bond acceptors (Lipinski definition) is 1. The van der Waals surface area contributed by atoms with Crippen LogP contribution in [-0.4, -0.2) is 5.24 Å². The van der Waals surface area contributed by atoms with Gasteiger partial charge in [-0.25, -0.2) is 4.39 Å². The number of rotatable bonds is 1. The highest BCUT2D eigenvalue weighted by molar-refractivity contribution is 6.68. The standard InChI is InChI=1S/C11H12ClFO/c1-5-6(2)8(4)10(13)9(7(5)3)11(12)14/h1-4H3. The molecule has 0 aliphatic heterocycles. The minimum absolute atomic E-state index is 0.00673. The maximum atomic E-state index is 13.6. The molecule has 1 aromatic carbocycles. The highest BCUT2D eigenvalue weighted by atomic mass is 35.5. The highest BCUT2D eigenvalue weighted by Crippen LogP contribution is 2.26. The van der Waals surface area contributed by atoms with E-state index in [1.54, 1.807) is 13.8 Å². The molecule has 0 bridgehead atoms. The summed E-state index contributed by atoms with van der Waals surface area (Å²) < 4.78 is 13.6. The van der Waals surface area contributed by atoms with Crippen LogP contribution in [0, 0.1) is 33.5 Å². The van der Waals surface area contributed by atoms with Crippen molar-refractivity contribution < 1.29 is 9.18 Å². The SMILES string of the molecule is Cc1c(C)c(C)c(C(=O)Cl)c(F)c1C. The zero-order valence-corrected chi connectivity index (χ0v) is 9.42. The summed E-state index contributed by atoms with van der Waals surface area (Å²) in [5.74, 6) is -0.495. The first-order chi connectivity index (χ1) is 6.37. The van der Waals surface area contributed by atoms with Gasteiger partial charge in [0.2, 0.25) is 0 Å². The van der Waals surface area contributed by atoms with Crippen LogP contribution in [0.3, 0.4) is 0 Å². The van der Waals surface area contributed by atoms with E-state index >= 15 is 0 Å². The van der Waals surface area contributed by atoms with E-state index < -0.39 is 11.1 Å². The molecule has 1 nitrogen and oxygen atoms in total. The Labute approximate surface area is 87.9 Å². The van der Waals surface area contributed by atoms with Gasteiger partial charge < -0.3 is 0 Å². The van der Waals surface area contributed by atoms with Gasteiger partial charge in [-0.05, 0) is 61.5 Å². The van der Waals surface area contributed by atoms with Crippen molar-refractivity contribution in [3.8, 4) is 0 Å². The summed E-state index contributed by atoms with van der Waals surface area (Å²) >= 11 is 5.33. The first-order valence-electron chi connectivity index (χ1n) is 4.33. The van der Waals surface area contributed by atoms with Crippen molar-refractivity contribution in [2.24, 2.45) is 0 Å². The van der Waals surface area contributed by atoms with Gasteiger partial charge in [-0.2, -0.15) is 0 Å². The lowest BCUT2D eigenvalue weighted by Crippen LogP contribution is -2.06. The van der Waals surface area contributed by atoms with E-state index in [1.165, 1.54) is 0 Å². The second kappa shape index (κ2) is 3.70. The molecule has 0 spiro atoms. The van der Waals surface area contributed by atoms with E-state index in [-0.39, 0.29) is 5.56 Å². The van der Waals surface area contributed by atoms with E-state index in [0.29, 0.717) is 11.1 Å². The molecule has 0 saturated carbocycles. The Kier molecular flexibility index (Phi) is 2.95. The van der Waals surface area contributed by atoms with Crippen molar-refractivity contribution in [1.29, 1.82) is 0 Å². The number of carbonyl (C=O) groups is 1. The summed E-state index contributed by atoms with van der Waals surface area (Å²) in [5.41, 5.74) is 2.93. The third kappa shape index (κ3) is 1.55. The van der Waals surface area contributed by atoms with Crippen molar-refractivity contribution in [3.63, 3.8) is 0 Å². The van der Waals surface area contributed by atoms with Crippen molar-refractivity contribution in [1.82, 2.24) is 0 Å². The summed E-state index contributed by atoms with van der Waals surface area (Å²) in [4.78, 5) is 11.0. The van der Waals surface area contributed by atoms with Gasteiger partial charge in [-0.15, -0.1) is 0 Å². The van der Waals surface area contributed by atoms with Crippen molar-refractivity contribution in [2.45, 2.75) is 27.7 Å². The Morgan fingerprint density at radius 1 is 1.00 bits per heavy atom. The quantitative estimate of drug-likeness (QED) is 0.655. The third-order valence-corrected chi connectivity index (χ3v) is 3.00. The Hall–Kier alpha value is -0.890. The molecule has 14 heavy (non-hydrogen) atoms. The normalized spacial score (nSPS) is 10.4. The van der Waals surface area contributed by atoms with Crippen LogP contribution < -0.4 is 0 Å². The van der Waals surface area contributed by atoms with Crippen LogP contribution >= 0.6 is 11.6 Å². The molecule has 0 unspecified atom stereocenters. The van der Waals surface area contributed by atoms with Crippen LogP contribution in [-0.2, 0) is 0 Å². The molecule has 0 aliphatic rings. The van der Waals surface area contributed by atoms with E-state index in [2.05, 4.69) is 0 Å². The molecule has 1 aromatic rings. The second-order valence-electron chi connectivity index (χ2n) is 3.46. The summed E-state index contributed by atoms with van der Waals surface area (Å²) in [5, 5.41) is -0.730. The number of halogens is 2. The third-order valence-electron chi connectivity index (χ3n) is 2.81. The Balaban J connectivity index is 3.68. The van der Waals surface area contributed by atoms with Crippen LogP contribution in [0.15, 0.2) is 0 Å². The molecule has 1 rings (SSSR count). The molecule has 76 valence electrons. The fraction of sp³-hybridized carbons (Fsp3) is 0.364. The summed E-state index contributed by atoms with van der Waals surface area (Å²) in [7, 11) is 0. The molecule has 0 atom stereocenters. The van der Waals surface area contributed by atoms with Crippen molar-refractivity contribution in [3.05, 3.63) is 33.6 Å². The van der Waals surface area contributed by atoms with E-state index in [4.69, 9.17) is 11.6 Å². The molecule has 0 aromatic heterocycles. The van der Waals surface area contributed by atoms with Gasteiger partial charge in [0.15, 0.2) is 0 Å². The summed E-state index contributed by atoms with van der Waals surface area (Å²) in [6.07, 6.45) is 0. The minimum Gasteiger partial charge on any atom is -0.275 e. The molecule has 0 heterocycles. The zero-order valence-electron chi connectivity index (χ0n) is 8.66. The number of benzene rings is 1. The first-order valence-corrected chi connectivity index (χ1v) is 4.71. The average Bonchev–Trinajstić information content (AvgIpc) is 2.11. The minimum atomic E-state index is -0.730. The van der Waals surface area contributed by atoms with Gasteiger partial charge in [0.05, 0.1) is 5.56 Å². The van der Waals surface area contributed by atoms with E-state index in [9.17, 15) is 9.18 Å². The highest BCUT2D eigenvalue weighted by Gasteiger charge is 2.18. The molecule has 0 radical (unpaired) electrons. The molecular formula is C11H12ClFO. The smallest absolute Gasteiger partial charge is 0.255 e. The van der Waals surface area contributed by atoms with E-state index in [0.717, 1.165) is 11.1 Å². The van der Waals surface area contributed by atoms with Crippen LogP contribution in [0.2, 0.25) is 0 Å². The monoisotopic (exact) mass is 214 g/mol. The Morgan fingerprint density at radius 3 is 1.86 bits per heavy atom. The molecule has 0 amide bonds. The predicted molar refractivity (Wildman–Crippen MR) is 55.5 cm³/mol. The zero-order chi connectivity index (χ0) is 11.0. The molecule has 0 N–H and O–H groups in total. The Morgan fingerprint density at radius 2 is 1.43 bits per heavy atom. The fourth-order valence-electron chi connectivity index (χ4n) is 1.50. The molecule has 0 fully saturated rings. The summed E-state index contributed by atoms with van der Waals surface area (Å²) in [6, 6.07) is 0. The van der Waals surface area contributed by atoms with Gasteiger partial charge in [0.1, 0.15) is 5.82 Å². The first kappa shape index (κ1) is 11.2. The topological polar surface area (TPSA) is 17.1 Å². The van der Waals surface area contributed by atoms with Gasteiger partial charge in [0.25, 0.3) is 5.24 Å². The Bertz CT molecular complexity index is 381. The maximum Gasteiger partial charge on any atom is 0.255 e. The lowest BCUT2D eigenvalue weighted by atomic mass is 9.94. The molecule has 3 heteroatoms. The molecular weight excluding hydrogens is 203 g/mol. The van der Waals surface area contributed by atoms with Gasteiger partial charge in [0, 0.05) is 0 Å². The lowest BCUT2D eigenvalue weighted by molar-refractivity contribution is 0.107. The molecule has 0 saturated heterocycles. The van der Waals surface area contributed by atoms with E-state index in [1.807, 2.05) is 13.8 Å². The van der Waals surface area contributed by atoms with Crippen LogP contribution in [0.4, 0.5) is 4.39 Å². The lowest BCUT2D eigenvalue weighted by Gasteiger charge is -2.13. The van der Waals surface area contributed by atoms with Gasteiger partial charge in [-0.3, -0.25) is 4.79 Å². The van der Waals surface area contributed by atoms with Crippen molar-refractivity contribution >= 4 is 16.8 Å². The molecule has 0 aliphatic carbocycles. The average molecular weight is 215 g/mol. The second-order valence-corrected chi connectivity index (χ2v) is 3.81. The van der Waals surface area contributed by atoms with Gasteiger partial charge in [-0.1, -0.05) is 0 Å². The summed E-state index contributed by atoms with van der Waals surface area (Å²) in [6.45, 7) is 7.06. The maximum absolute atomic E-state index is 13.6. The number of carbonyl (C=O) groups excluding carboxylic acids is 1.